The molecule has 1 aliphatic rings. The van der Waals surface area contributed by atoms with Gasteiger partial charge in [0.15, 0.2) is 5.78 Å². The summed E-state index contributed by atoms with van der Waals surface area (Å²) >= 11 is 0. The minimum atomic E-state index is 0.175. The molecule has 0 aliphatic carbocycles. The minimum Gasteiger partial charge on any atom is -0.486 e. The molecule has 1 aliphatic heterocycles. The summed E-state index contributed by atoms with van der Waals surface area (Å²) in [4.78, 5) is 14.5. The monoisotopic (exact) mass is 290 g/mol. The molecular formula is C17H26N2O2. The Morgan fingerprint density at radius 1 is 1.48 bits per heavy atom. The number of hydrogen-bond donors (Lipinski definition) is 1. The number of benzene rings is 1. The second-order valence-corrected chi connectivity index (χ2v) is 5.85. The first-order chi connectivity index (χ1) is 10.1. The molecule has 1 unspecified atom stereocenters. The fourth-order valence-electron chi connectivity index (χ4n) is 2.63. The second kappa shape index (κ2) is 6.94. The number of nitrogens with one attached hydrogen (secondary N) is 1. The van der Waals surface area contributed by atoms with Gasteiger partial charge in [0.25, 0.3) is 0 Å². The standard InChI is InChI=1S/C17H26N2O2/c1-5-14-11-19(12(2)3)15-10-13(6-7-17(15)21-14)16(20)8-9-18-4/h6-7,10,12,14,18H,5,8-9,11H2,1-4H3. The van der Waals surface area contributed by atoms with Crippen molar-refractivity contribution in [3.8, 4) is 5.75 Å². The van der Waals surface area contributed by atoms with Crippen molar-refractivity contribution in [2.75, 3.05) is 25.0 Å². The van der Waals surface area contributed by atoms with Crippen LogP contribution in [0.2, 0.25) is 0 Å². The molecule has 0 aromatic heterocycles. The van der Waals surface area contributed by atoms with E-state index in [0.29, 0.717) is 19.0 Å². The van der Waals surface area contributed by atoms with Gasteiger partial charge in [-0.3, -0.25) is 4.79 Å². The van der Waals surface area contributed by atoms with Crippen molar-refractivity contribution in [1.82, 2.24) is 5.32 Å². The zero-order valence-corrected chi connectivity index (χ0v) is 13.5. The summed E-state index contributed by atoms with van der Waals surface area (Å²) in [6.07, 6.45) is 1.74. The van der Waals surface area contributed by atoms with E-state index in [1.54, 1.807) is 0 Å². The first kappa shape index (κ1) is 15.8. The van der Waals surface area contributed by atoms with E-state index in [-0.39, 0.29) is 11.9 Å². The molecule has 0 fully saturated rings. The number of carbonyl (C=O) groups excluding carboxylic acids is 1. The highest BCUT2D eigenvalue weighted by molar-refractivity contribution is 5.97. The molecule has 2 rings (SSSR count). The maximum Gasteiger partial charge on any atom is 0.164 e. The van der Waals surface area contributed by atoms with E-state index in [4.69, 9.17) is 4.74 Å². The highest BCUT2D eigenvalue weighted by atomic mass is 16.5. The molecule has 4 nitrogen and oxygen atoms in total. The first-order valence-electron chi connectivity index (χ1n) is 7.82. The van der Waals surface area contributed by atoms with E-state index < -0.39 is 0 Å². The molecule has 0 amide bonds. The molecule has 1 aromatic carbocycles. The van der Waals surface area contributed by atoms with Crippen molar-refractivity contribution >= 4 is 11.5 Å². The smallest absolute Gasteiger partial charge is 0.164 e. The summed E-state index contributed by atoms with van der Waals surface area (Å²) in [5.41, 5.74) is 1.82. The van der Waals surface area contributed by atoms with Crippen molar-refractivity contribution in [2.24, 2.45) is 0 Å². The Labute approximate surface area is 127 Å². The number of rotatable bonds is 6. The SMILES string of the molecule is CCC1CN(C(C)C)c2cc(C(=O)CCNC)ccc2O1. The van der Waals surface area contributed by atoms with E-state index in [1.807, 2.05) is 25.2 Å². The third-order valence-corrected chi connectivity index (χ3v) is 3.97. The number of ketones is 1. The molecule has 0 spiro atoms. The molecule has 0 radical (unpaired) electrons. The summed E-state index contributed by atoms with van der Waals surface area (Å²) in [6, 6.07) is 6.20. The van der Waals surface area contributed by atoms with Gasteiger partial charge in [-0.1, -0.05) is 6.92 Å². The van der Waals surface area contributed by atoms with Crippen molar-refractivity contribution in [3.05, 3.63) is 23.8 Å². The average molecular weight is 290 g/mol. The zero-order valence-electron chi connectivity index (χ0n) is 13.5. The molecule has 4 heteroatoms. The fraction of sp³-hybridized carbons (Fsp3) is 0.588. The number of ether oxygens (including phenoxy) is 1. The van der Waals surface area contributed by atoms with Crippen LogP contribution in [-0.2, 0) is 0 Å². The fourth-order valence-corrected chi connectivity index (χ4v) is 2.63. The number of Topliss-reactive ketones (excluding diaryl/α,β-unsaturated/α-hetero) is 1. The average Bonchev–Trinajstić information content (AvgIpc) is 2.50. The Balaban J connectivity index is 2.28. The lowest BCUT2D eigenvalue weighted by molar-refractivity contribution is 0.0983. The van der Waals surface area contributed by atoms with Crippen molar-refractivity contribution < 1.29 is 9.53 Å². The van der Waals surface area contributed by atoms with E-state index in [9.17, 15) is 4.79 Å². The van der Waals surface area contributed by atoms with Gasteiger partial charge in [-0.25, -0.2) is 0 Å². The molecule has 1 atom stereocenters. The highest BCUT2D eigenvalue weighted by Crippen LogP contribution is 2.36. The number of fused-ring (bicyclic) bond motifs is 1. The maximum absolute atomic E-state index is 12.2. The molecule has 0 saturated heterocycles. The van der Waals surface area contributed by atoms with Gasteiger partial charge < -0.3 is 15.0 Å². The minimum absolute atomic E-state index is 0.175. The van der Waals surface area contributed by atoms with E-state index >= 15 is 0 Å². The predicted octanol–water partition coefficient (Wildman–Crippen LogP) is 2.86. The number of anilines is 1. The highest BCUT2D eigenvalue weighted by Gasteiger charge is 2.27. The molecule has 21 heavy (non-hydrogen) atoms. The lowest BCUT2D eigenvalue weighted by Crippen LogP contribution is -2.43. The number of nitrogens with zero attached hydrogens (tertiary/aromatic N) is 1. The second-order valence-electron chi connectivity index (χ2n) is 5.85. The summed E-state index contributed by atoms with van der Waals surface area (Å²) in [7, 11) is 1.86. The molecular weight excluding hydrogens is 264 g/mol. The summed E-state index contributed by atoms with van der Waals surface area (Å²) < 4.78 is 6.01. The Bertz CT molecular complexity index is 500. The summed E-state index contributed by atoms with van der Waals surface area (Å²) in [6.45, 7) is 8.09. The van der Waals surface area contributed by atoms with Gasteiger partial charge in [0.1, 0.15) is 11.9 Å². The maximum atomic E-state index is 12.2. The van der Waals surface area contributed by atoms with Crippen LogP contribution < -0.4 is 15.0 Å². The summed E-state index contributed by atoms with van der Waals surface area (Å²) in [5, 5.41) is 3.02. The van der Waals surface area contributed by atoms with E-state index in [2.05, 4.69) is 31.0 Å². The molecule has 1 heterocycles. The van der Waals surface area contributed by atoms with Crippen LogP contribution in [0.4, 0.5) is 5.69 Å². The van der Waals surface area contributed by atoms with Crippen molar-refractivity contribution in [1.29, 1.82) is 0 Å². The van der Waals surface area contributed by atoms with Gasteiger partial charge in [-0.15, -0.1) is 0 Å². The van der Waals surface area contributed by atoms with Crippen LogP contribution in [-0.4, -0.2) is 38.1 Å². The van der Waals surface area contributed by atoms with Crippen LogP contribution in [0.3, 0.4) is 0 Å². The normalized spacial score (nSPS) is 17.6. The van der Waals surface area contributed by atoms with Crippen LogP contribution in [0.25, 0.3) is 0 Å². The van der Waals surface area contributed by atoms with Crippen molar-refractivity contribution in [2.45, 2.75) is 45.8 Å². The molecule has 0 bridgehead atoms. The number of hydrogen-bond acceptors (Lipinski definition) is 4. The van der Waals surface area contributed by atoms with Gasteiger partial charge in [-0.2, -0.15) is 0 Å². The third kappa shape index (κ3) is 3.56. The van der Waals surface area contributed by atoms with Gasteiger partial charge in [-0.05, 0) is 45.5 Å². The van der Waals surface area contributed by atoms with Gasteiger partial charge in [0.2, 0.25) is 0 Å². The van der Waals surface area contributed by atoms with Gasteiger partial charge in [0.05, 0.1) is 12.2 Å². The lowest BCUT2D eigenvalue weighted by atomic mass is 10.0. The molecule has 1 aromatic rings. The van der Waals surface area contributed by atoms with Crippen LogP contribution in [0, 0.1) is 0 Å². The third-order valence-electron chi connectivity index (χ3n) is 3.97. The van der Waals surface area contributed by atoms with Crippen LogP contribution in [0.15, 0.2) is 18.2 Å². The Hall–Kier alpha value is -1.55. The van der Waals surface area contributed by atoms with E-state index in [0.717, 1.165) is 30.0 Å². The Morgan fingerprint density at radius 3 is 2.86 bits per heavy atom. The van der Waals surface area contributed by atoms with Crippen LogP contribution >= 0.6 is 0 Å². The molecule has 0 saturated carbocycles. The van der Waals surface area contributed by atoms with Crippen LogP contribution in [0.1, 0.15) is 44.0 Å². The van der Waals surface area contributed by atoms with Gasteiger partial charge in [0, 0.05) is 24.6 Å². The Morgan fingerprint density at radius 2 is 2.24 bits per heavy atom. The number of carbonyl (C=O) groups is 1. The topological polar surface area (TPSA) is 41.6 Å². The lowest BCUT2D eigenvalue weighted by Gasteiger charge is -2.38. The van der Waals surface area contributed by atoms with E-state index in [1.165, 1.54) is 0 Å². The first-order valence-corrected chi connectivity index (χ1v) is 7.82. The molecule has 116 valence electrons. The van der Waals surface area contributed by atoms with Gasteiger partial charge >= 0.3 is 0 Å². The molecule has 1 N–H and O–H groups in total. The van der Waals surface area contributed by atoms with Crippen molar-refractivity contribution in [3.63, 3.8) is 0 Å². The summed E-state index contributed by atoms with van der Waals surface area (Å²) in [5.74, 6) is 1.07. The Kier molecular flexibility index (Phi) is 5.23. The largest absolute Gasteiger partial charge is 0.486 e. The zero-order chi connectivity index (χ0) is 15.4. The predicted molar refractivity (Wildman–Crippen MR) is 86.5 cm³/mol. The quantitative estimate of drug-likeness (QED) is 0.818. The van der Waals surface area contributed by atoms with Crippen LogP contribution in [0.5, 0.6) is 5.75 Å².